The number of hydrogen-bond donors (Lipinski definition) is 2. The lowest BCUT2D eigenvalue weighted by molar-refractivity contribution is -0.119. The Kier molecular flexibility index (Phi) is 25.7. The maximum absolute atomic E-state index is 12.8. The van der Waals surface area contributed by atoms with Crippen LogP contribution < -0.4 is 10.6 Å². The minimum atomic E-state index is 0.114. The van der Waals surface area contributed by atoms with Crippen LogP contribution in [0.2, 0.25) is 0 Å². The van der Waals surface area contributed by atoms with Gasteiger partial charge in [0.05, 0.1) is 36.9 Å². The van der Waals surface area contributed by atoms with Crippen molar-refractivity contribution in [3.8, 4) is 0 Å². The molecule has 0 fully saturated rings. The van der Waals surface area contributed by atoms with E-state index in [0.717, 1.165) is 25.9 Å². The second kappa shape index (κ2) is 28.5. The molecule has 3 rings (SSSR count). The van der Waals surface area contributed by atoms with Crippen LogP contribution in [0.25, 0.3) is 0 Å². The zero-order valence-corrected chi connectivity index (χ0v) is 36.0. The topological polar surface area (TPSA) is 58.2 Å². The Balaban J connectivity index is 1.34. The molecular weight excluding hydrogens is 749 g/mol. The molecule has 12 heteroatoms. The third kappa shape index (κ3) is 19.2. The first-order valence-corrected chi connectivity index (χ1v) is 25.8. The smallest absolute Gasteiger partial charge is 0.230 e. The molecule has 4 nitrogen and oxygen atoms in total. The van der Waals surface area contributed by atoms with Gasteiger partial charge in [-0.2, -0.15) is 0 Å². The van der Waals surface area contributed by atoms with Gasteiger partial charge in [0.25, 0.3) is 0 Å². The standard InChI is InChI=1S/C36H60N2O2S8/c1-3-5-7-9-11-13-15-17-19-21-23-37-29(39)27-43-33-34(48-36(47-33)35-45-31-32(46-35)42-26-25-41-31)44-28-30(40)38-24-22-20-18-16-14-12-10-8-6-4-2/h3-28H2,1-2H3,(H,37,39)(H,38,40). The Morgan fingerprint density at radius 2 is 0.812 bits per heavy atom. The molecule has 0 aliphatic carbocycles. The van der Waals surface area contributed by atoms with Crippen LogP contribution in [0.1, 0.15) is 142 Å². The molecule has 0 saturated carbocycles. The van der Waals surface area contributed by atoms with E-state index in [2.05, 4.69) is 24.5 Å². The lowest BCUT2D eigenvalue weighted by atomic mass is 10.1. The molecule has 0 aromatic rings. The number of hydrogen-bond acceptors (Lipinski definition) is 10. The molecule has 0 spiro atoms. The van der Waals surface area contributed by atoms with Gasteiger partial charge in [-0.15, -0.1) is 47.0 Å². The molecule has 274 valence electrons. The summed E-state index contributed by atoms with van der Waals surface area (Å²) in [4.78, 5) is 25.5. The number of nitrogens with one attached hydrogen (secondary N) is 2. The first-order chi connectivity index (χ1) is 23.6. The summed E-state index contributed by atoms with van der Waals surface area (Å²) in [6.45, 7) is 6.08. The van der Waals surface area contributed by atoms with E-state index >= 15 is 0 Å². The Hall–Kier alpha value is 0.960. The summed E-state index contributed by atoms with van der Waals surface area (Å²) in [5, 5.41) is 6.30. The average molecular weight is 809 g/mol. The molecule has 0 unspecified atom stereocenters. The molecular formula is C36H60N2O2S8. The summed E-state index contributed by atoms with van der Waals surface area (Å²) in [5.74, 6) is 3.45. The van der Waals surface area contributed by atoms with Crippen LogP contribution in [0.4, 0.5) is 0 Å². The van der Waals surface area contributed by atoms with Crippen LogP contribution in [0.3, 0.4) is 0 Å². The van der Waals surface area contributed by atoms with Crippen LogP contribution in [-0.4, -0.2) is 47.9 Å². The molecule has 48 heavy (non-hydrogen) atoms. The van der Waals surface area contributed by atoms with Gasteiger partial charge in [0.15, 0.2) is 0 Å². The van der Waals surface area contributed by atoms with Crippen molar-refractivity contribution in [2.75, 3.05) is 36.1 Å². The monoisotopic (exact) mass is 808 g/mol. The van der Waals surface area contributed by atoms with E-state index in [-0.39, 0.29) is 11.8 Å². The number of carbonyl (C=O) groups excluding carboxylic acids is 2. The van der Waals surface area contributed by atoms with E-state index in [0.29, 0.717) is 11.5 Å². The SMILES string of the molecule is CCCCCCCCCCCCNC(=O)CSC1=C(SCC(=O)NCCCCCCCCCCCC)SC(=C2SC3=C(SCCS3)S2)S1. The second-order valence-corrected chi connectivity index (χ2v) is 22.3. The highest BCUT2D eigenvalue weighted by atomic mass is 32.3. The molecule has 3 aliphatic heterocycles. The van der Waals surface area contributed by atoms with Crippen molar-refractivity contribution in [1.29, 1.82) is 0 Å². The van der Waals surface area contributed by atoms with Crippen molar-refractivity contribution < 1.29 is 9.59 Å². The van der Waals surface area contributed by atoms with Gasteiger partial charge in [0.2, 0.25) is 11.8 Å². The first kappa shape index (κ1) is 43.4. The lowest BCUT2D eigenvalue weighted by Crippen LogP contribution is -2.26. The third-order valence-electron chi connectivity index (χ3n) is 8.16. The van der Waals surface area contributed by atoms with E-state index in [4.69, 9.17) is 0 Å². The largest absolute Gasteiger partial charge is 0.355 e. The van der Waals surface area contributed by atoms with Crippen LogP contribution >= 0.6 is 94.1 Å². The molecule has 3 aliphatic rings. The highest BCUT2D eigenvalue weighted by Gasteiger charge is 2.32. The van der Waals surface area contributed by atoms with Gasteiger partial charge in [-0.1, -0.05) is 176 Å². The number of thioether (sulfide) groups is 8. The van der Waals surface area contributed by atoms with E-state index in [1.165, 1.54) is 153 Å². The molecule has 0 aromatic heterocycles. The van der Waals surface area contributed by atoms with Gasteiger partial charge in [0, 0.05) is 24.6 Å². The predicted molar refractivity (Wildman–Crippen MR) is 231 cm³/mol. The van der Waals surface area contributed by atoms with Crippen molar-refractivity contribution in [2.24, 2.45) is 0 Å². The van der Waals surface area contributed by atoms with Crippen LogP contribution in [0, 0.1) is 0 Å². The van der Waals surface area contributed by atoms with Crippen molar-refractivity contribution in [3.05, 3.63) is 25.4 Å². The van der Waals surface area contributed by atoms with Gasteiger partial charge < -0.3 is 10.6 Å². The molecule has 0 atom stereocenters. The highest BCUT2D eigenvalue weighted by Crippen LogP contribution is 2.66. The number of carbonyl (C=O) groups is 2. The highest BCUT2D eigenvalue weighted by molar-refractivity contribution is 8.45. The second-order valence-electron chi connectivity index (χ2n) is 12.5. The van der Waals surface area contributed by atoms with Gasteiger partial charge in [-0.25, -0.2) is 0 Å². The maximum atomic E-state index is 12.8. The predicted octanol–water partition coefficient (Wildman–Crippen LogP) is 13.3. The van der Waals surface area contributed by atoms with Crippen LogP contribution in [0.5, 0.6) is 0 Å². The summed E-state index contributed by atoms with van der Waals surface area (Å²) >= 11 is 14.7. The quantitative estimate of drug-likeness (QED) is 0.0747. The maximum Gasteiger partial charge on any atom is 0.230 e. The minimum absolute atomic E-state index is 0.114. The van der Waals surface area contributed by atoms with E-state index in [9.17, 15) is 9.59 Å². The average Bonchev–Trinajstić information content (AvgIpc) is 3.72. The minimum Gasteiger partial charge on any atom is -0.355 e. The van der Waals surface area contributed by atoms with Gasteiger partial charge in [0.1, 0.15) is 0 Å². The molecule has 0 saturated heterocycles. The van der Waals surface area contributed by atoms with E-state index in [1.54, 1.807) is 47.0 Å². The van der Waals surface area contributed by atoms with Crippen molar-refractivity contribution in [2.45, 2.75) is 142 Å². The molecule has 0 aromatic carbocycles. The van der Waals surface area contributed by atoms with Crippen LogP contribution in [0.15, 0.2) is 25.4 Å². The third-order valence-corrected chi connectivity index (χ3v) is 20.0. The molecule has 2 N–H and O–H groups in total. The number of amides is 2. The van der Waals surface area contributed by atoms with Crippen LogP contribution in [-0.2, 0) is 9.59 Å². The summed E-state index contributed by atoms with van der Waals surface area (Å²) in [5.41, 5.74) is 0. The van der Waals surface area contributed by atoms with E-state index in [1.807, 2.05) is 47.0 Å². The van der Waals surface area contributed by atoms with Gasteiger partial charge in [-0.3, -0.25) is 9.59 Å². The van der Waals surface area contributed by atoms with Crippen molar-refractivity contribution >= 4 is 106 Å². The van der Waals surface area contributed by atoms with E-state index < -0.39 is 0 Å². The normalized spacial score (nSPS) is 16.3. The summed E-state index contributed by atoms with van der Waals surface area (Å²) in [6, 6.07) is 0. The summed E-state index contributed by atoms with van der Waals surface area (Å²) in [6.07, 6.45) is 26.1. The molecule has 2 amide bonds. The fourth-order valence-electron chi connectivity index (χ4n) is 5.38. The fraction of sp³-hybridized carbons (Fsp3) is 0.778. The zero-order chi connectivity index (χ0) is 34.1. The Bertz CT molecular complexity index is 973. The van der Waals surface area contributed by atoms with Gasteiger partial charge >= 0.3 is 0 Å². The zero-order valence-electron chi connectivity index (χ0n) is 29.5. The summed E-state index contributed by atoms with van der Waals surface area (Å²) < 4.78 is 7.93. The lowest BCUT2D eigenvalue weighted by Gasteiger charge is -2.08. The van der Waals surface area contributed by atoms with Gasteiger partial charge in [-0.05, 0) is 12.8 Å². The molecule has 0 radical (unpaired) electrons. The number of unbranched alkanes of at least 4 members (excludes halogenated alkanes) is 18. The van der Waals surface area contributed by atoms with Crippen molar-refractivity contribution in [3.63, 3.8) is 0 Å². The van der Waals surface area contributed by atoms with Crippen molar-refractivity contribution in [1.82, 2.24) is 10.6 Å². The Morgan fingerprint density at radius 1 is 0.479 bits per heavy atom. The summed E-state index contributed by atoms with van der Waals surface area (Å²) in [7, 11) is 0. The molecule has 0 bridgehead atoms. The number of rotatable bonds is 28. The fourth-order valence-corrected chi connectivity index (χ4v) is 17.1. The Morgan fingerprint density at radius 3 is 1.19 bits per heavy atom. The first-order valence-electron chi connectivity index (χ1n) is 18.6. The Labute approximate surface area is 327 Å². The molecule has 3 heterocycles.